The van der Waals surface area contributed by atoms with E-state index in [9.17, 15) is 14.7 Å². The van der Waals surface area contributed by atoms with Crippen LogP contribution in [0.4, 0.5) is 4.79 Å². The van der Waals surface area contributed by atoms with Crippen molar-refractivity contribution >= 4 is 11.9 Å². The predicted octanol–water partition coefficient (Wildman–Crippen LogP) is 1.89. The van der Waals surface area contributed by atoms with E-state index < -0.39 is 18.1 Å². The van der Waals surface area contributed by atoms with Crippen molar-refractivity contribution in [3.63, 3.8) is 0 Å². The summed E-state index contributed by atoms with van der Waals surface area (Å²) >= 11 is 0. The second-order valence-corrected chi connectivity index (χ2v) is 4.74. The number of carbonyl (C=O) groups is 2. The van der Waals surface area contributed by atoms with Gasteiger partial charge in [0.1, 0.15) is 12.4 Å². The molecule has 0 spiro atoms. The SMILES string of the molecule is CC(=O)[C@@H](C)[C@@H](O)CCNC(=O)OCc1ccccc1. The van der Waals surface area contributed by atoms with E-state index in [-0.39, 0.29) is 18.9 Å². The summed E-state index contributed by atoms with van der Waals surface area (Å²) in [5.74, 6) is -0.485. The number of aliphatic hydroxyl groups excluding tert-OH is 1. The molecule has 0 heterocycles. The molecule has 0 saturated heterocycles. The number of aliphatic hydroxyl groups is 1. The van der Waals surface area contributed by atoms with Gasteiger partial charge >= 0.3 is 6.09 Å². The third-order valence-electron chi connectivity index (χ3n) is 3.14. The van der Waals surface area contributed by atoms with Crippen LogP contribution in [0.25, 0.3) is 0 Å². The van der Waals surface area contributed by atoms with E-state index in [1.165, 1.54) is 6.92 Å². The first-order valence-corrected chi connectivity index (χ1v) is 6.63. The van der Waals surface area contributed by atoms with Crippen molar-refractivity contribution in [3.8, 4) is 0 Å². The minimum absolute atomic E-state index is 0.0656. The first kappa shape index (κ1) is 16.2. The smallest absolute Gasteiger partial charge is 0.407 e. The van der Waals surface area contributed by atoms with Crippen molar-refractivity contribution in [3.05, 3.63) is 35.9 Å². The fourth-order valence-electron chi connectivity index (χ4n) is 1.62. The van der Waals surface area contributed by atoms with Crippen LogP contribution in [0, 0.1) is 5.92 Å². The molecule has 5 nitrogen and oxygen atoms in total. The Hall–Kier alpha value is -1.88. The maximum Gasteiger partial charge on any atom is 0.407 e. The van der Waals surface area contributed by atoms with Gasteiger partial charge in [-0.2, -0.15) is 0 Å². The van der Waals surface area contributed by atoms with Crippen LogP contribution in [0.15, 0.2) is 30.3 Å². The van der Waals surface area contributed by atoms with E-state index in [1.54, 1.807) is 6.92 Å². The summed E-state index contributed by atoms with van der Waals surface area (Å²) in [4.78, 5) is 22.5. The number of benzene rings is 1. The van der Waals surface area contributed by atoms with Gasteiger partial charge in [0, 0.05) is 12.5 Å². The zero-order chi connectivity index (χ0) is 15.0. The van der Waals surface area contributed by atoms with Gasteiger partial charge in [0.05, 0.1) is 6.10 Å². The third-order valence-corrected chi connectivity index (χ3v) is 3.14. The van der Waals surface area contributed by atoms with Crippen molar-refractivity contribution in [2.45, 2.75) is 33.0 Å². The molecule has 0 bridgehead atoms. The molecule has 0 unspecified atom stereocenters. The summed E-state index contributed by atoms with van der Waals surface area (Å²) in [5, 5.41) is 12.2. The molecule has 2 N–H and O–H groups in total. The Morgan fingerprint density at radius 3 is 2.55 bits per heavy atom. The van der Waals surface area contributed by atoms with E-state index >= 15 is 0 Å². The van der Waals surface area contributed by atoms with E-state index in [4.69, 9.17) is 4.74 Å². The minimum atomic E-state index is -0.748. The zero-order valence-electron chi connectivity index (χ0n) is 11.8. The van der Waals surface area contributed by atoms with E-state index in [1.807, 2.05) is 30.3 Å². The highest BCUT2D eigenvalue weighted by Crippen LogP contribution is 2.07. The molecule has 1 amide bonds. The van der Waals surface area contributed by atoms with Crippen LogP contribution < -0.4 is 5.32 Å². The molecule has 0 aliphatic heterocycles. The van der Waals surface area contributed by atoms with Gasteiger partial charge < -0.3 is 15.2 Å². The van der Waals surface area contributed by atoms with Gasteiger partial charge in [-0.3, -0.25) is 4.79 Å². The fourth-order valence-corrected chi connectivity index (χ4v) is 1.62. The van der Waals surface area contributed by atoms with Gasteiger partial charge in [0.2, 0.25) is 0 Å². The normalized spacial score (nSPS) is 13.3. The summed E-state index contributed by atoms with van der Waals surface area (Å²) in [6.07, 6.45) is -0.959. The molecule has 0 aromatic heterocycles. The van der Waals surface area contributed by atoms with Crippen LogP contribution in [-0.4, -0.2) is 29.6 Å². The second-order valence-electron chi connectivity index (χ2n) is 4.74. The number of ether oxygens (including phenoxy) is 1. The number of amides is 1. The highest BCUT2D eigenvalue weighted by atomic mass is 16.5. The van der Waals surface area contributed by atoms with Crippen LogP contribution in [0.2, 0.25) is 0 Å². The van der Waals surface area contributed by atoms with Gasteiger partial charge in [0.25, 0.3) is 0 Å². The molecular formula is C15H21NO4. The molecule has 1 aromatic rings. The third kappa shape index (κ3) is 5.84. The Kier molecular flexibility index (Phi) is 6.73. The standard InChI is InChI=1S/C15H21NO4/c1-11(12(2)17)14(18)8-9-16-15(19)20-10-13-6-4-3-5-7-13/h3-7,11,14,18H,8-10H2,1-2H3,(H,16,19)/t11-,14+/m1/s1. The van der Waals surface area contributed by atoms with Crippen molar-refractivity contribution in [2.75, 3.05) is 6.54 Å². The van der Waals surface area contributed by atoms with Crippen LogP contribution in [-0.2, 0) is 16.1 Å². The molecule has 20 heavy (non-hydrogen) atoms. The van der Waals surface area contributed by atoms with Gasteiger partial charge in [-0.1, -0.05) is 37.3 Å². The number of alkyl carbamates (subject to hydrolysis) is 1. The molecule has 0 aliphatic rings. The molecule has 110 valence electrons. The molecule has 0 aliphatic carbocycles. The number of ketones is 1. The Morgan fingerprint density at radius 2 is 1.95 bits per heavy atom. The summed E-state index contributed by atoms with van der Waals surface area (Å²) in [6, 6.07) is 9.37. The van der Waals surface area contributed by atoms with Gasteiger partial charge in [-0.15, -0.1) is 0 Å². The monoisotopic (exact) mass is 279 g/mol. The molecule has 0 fully saturated rings. The zero-order valence-corrected chi connectivity index (χ0v) is 11.8. The number of carbonyl (C=O) groups excluding carboxylic acids is 2. The second kappa shape index (κ2) is 8.32. The maximum atomic E-state index is 11.4. The number of Topliss-reactive ketones (excluding diaryl/α,β-unsaturated/α-hetero) is 1. The summed E-state index contributed by atoms with van der Waals surface area (Å²) in [5.41, 5.74) is 0.910. The molecule has 1 rings (SSSR count). The lowest BCUT2D eigenvalue weighted by atomic mass is 9.98. The van der Waals surface area contributed by atoms with Crippen molar-refractivity contribution in [2.24, 2.45) is 5.92 Å². The first-order valence-electron chi connectivity index (χ1n) is 6.63. The van der Waals surface area contributed by atoms with Crippen molar-refractivity contribution in [1.29, 1.82) is 0 Å². The van der Waals surface area contributed by atoms with E-state index in [0.29, 0.717) is 6.42 Å². The molecule has 5 heteroatoms. The fraction of sp³-hybridized carbons (Fsp3) is 0.467. The molecule has 2 atom stereocenters. The van der Waals surface area contributed by atoms with Crippen molar-refractivity contribution < 1.29 is 19.4 Å². The van der Waals surface area contributed by atoms with Gasteiger partial charge in [-0.05, 0) is 18.9 Å². The van der Waals surface area contributed by atoms with Crippen molar-refractivity contribution in [1.82, 2.24) is 5.32 Å². The lowest BCUT2D eigenvalue weighted by Gasteiger charge is -2.16. The van der Waals surface area contributed by atoms with Gasteiger partial charge in [0.15, 0.2) is 0 Å². The Bertz CT molecular complexity index is 433. The maximum absolute atomic E-state index is 11.4. The Labute approximate surface area is 118 Å². The van der Waals surface area contributed by atoms with E-state index in [2.05, 4.69) is 5.32 Å². The first-order chi connectivity index (χ1) is 9.50. The molecule has 0 radical (unpaired) electrons. The topological polar surface area (TPSA) is 75.6 Å². The number of nitrogens with one attached hydrogen (secondary N) is 1. The Balaban J connectivity index is 2.19. The summed E-state index contributed by atoms with van der Waals surface area (Å²) in [6.45, 7) is 3.58. The van der Waals surface area contributed by atoms with Crippen LogP contribution in [0.3, 0.4) is 0 Å². The lowest BCUT2D eigenvalue weighted by molar-refractivity contribution is -0.123. The summed E-state index contributed by atoms with van der Waals surface area (Å²) in [7, 11) is 0. The Morgan fingerprint density at radius 1 is 1.30 bits per heavy atom. The average Bonchev–Trinajstić information content (AvgIpc) is 2.45. The largest absolute Gasteiger partial charge is 0.445 e. The van der Waals surface area contributed by atoms with Gasteiger partial charge in [-0.25, -0.2) is 4.79 Å². The number of hydrogen-bond donors (Lipinski definition) is 2. The molecule has 0 saturated carbocycles. The molecular weight excluding hydrogens is 258 g/mol. The molecule has 1 aromatic carbocycles. The van der Waals surface area contributed by atoms with E-state index in [0.717, 1.165) is 5.56 Å². The predicted molar refractivity (Wildman–Crippen MR) is 75.1 cm³/mol. The lowest BCUT2D eigenvalue weighted by Crippen LogP contribution is -2.31. The minimum Gasteiger partial charge on any atom is -0.445 e. The highest BCUT2D eigenvalue weighted by Gasteiger charge is 2.18. The highest BCUT2D eigenvalue weighted by molar-refractivity contribution is 5.78. The number of hydrogen-bond acceptors (Lipinski definition) is 4. The van der Waals surface area contributed by atoms with Crippen LogP contribution in [0.1, 0.15) is 25.8 Å². The number of rotatable bonds is 7. The average molecular weight is 279 g/mol. The quantitative estimate of drug-likeness (QED) is 0.799. The van der Waals surface area contributed by atoms with Crippen LogP contribution >= 0.6 is 0 Å². The summed E-state index contributed by atoms with van der Waals surface area (Å²) < 4.78 is 5.02. The van der Waals surface area contributed by atoms with Crippen LogP contribution in [0.5, 0.6) is 0 Å².